The summed E-state index contributed by atoms with van der Waals surface area (Å²) in [6, 6.07) is 0. The van der Waals surface area contributed by atoms with Crippen LogP contribution in [0.1, 0.15) is 19.8 Å². The van der Waals surface area contributed by atoms with Crippen molar-refractivity contribution in [1.29, 1.82) is 0 Å². The molecule has 1 N–H and O–H groups in total. The SMILES string of the molecule is COCO[C@H]1C[C@]2(OCC[C@@H]2O)OC[C@@H]1C. The molecule has 5 heteroatoms. The Bertz CT molecular complexity index is 234. The van der Waals surface area contributed by atoms with Crippen molar-refractivity contribution in [1.82, 2.24) is 0 Å². The maximum atomic E-state index is 9.90. The van der Waals surface area contributed by atoms with Gasteiger partial charge in [0.1, 0.15) is 12.9 Å². The summed E-state index contributed by atoms with van der Waals surface area (Å²) in [5, 5.41) is 9.90. The second-order valence-corrected chi connectivity index (χ2v) is 4.57. The minimum Gasteiger partial charge on any atom is -0.387 e. The third kappa shape index (κ3) is 2.24. The molecule has 2 fully saturated rings. The number of hydrogen-bond acceptors (Lipinski definition) is 5. The molecule has 94 valence electrons. The van der Waals surface area contributed by atoms with Gasteiger partial charge in [-0.1, -0.05) is 6.92 Å². The molecule has 2 saturated heterocycles. The van der Waals surface area contributed by atoms with Crippen LogP contribution in [0.25, 0.3) is 0 Å². The average Bonchev–Trinajstić information content (AvgIpc) is 2.62. The van der Waals surface area contributed by atoms with E-state index in [1.54, 1.807) is 7.11 Å². The van der Waals surface area contributed by atoms with Gasteiger partial charge in [-0.05, 0) is 0 Å². The summed E-state index contributed by atoms with van der Waals surface area (Å²) in [4.78, 5) is 0. The number of hydrogen-bond donors (Lipinski definition) is 1. The van der Waals surface area contributed by atoms with Gasteiger partial charge < -0.3 is 24.1 Å². The highest BCUT2D eigenvalue weighted by Crippen LogP contribution is 2.38. The fraction of sp³-hybridized carbons (Fsp3) is 1.00. The second kappa shape index (κ2) is 4.98. The average molecular weight is 232 g/mol. The zero-order valence-corrected chi connectivity index (χ0v) is 9.85. The van der Waals surface area contributed by atoms with E-state index < -0.39 is 11.9 Å². The summed E-state index contributed by atoms with van der Waals surface area (Å²) in [6.07, 6.45) is 0.666. The lowest BCUT2D eigenvalue weighted by molar-refractivity contribution is -0.298. The Morgan fingerprint density at radius 1 is 1.44 bits per heavy atom. The molecule has 16 heavy (non-hydrogen) atoms. The van der Waals surface area contributed by atoms with Gasteiger partial charge in [-0.3, -0.25) is 0 Å². The molecule has 2 aliphatic heterocycles. The quantitative estimate of drug-likeness (QED) is 0.718. The van der Waals surface area contributed by atoms with E-state index in [1.807, 2.05) is 0 Å². The predicted octanol–water partition coefficient (Wildman–Crippen LogP) is 0.509. The molecule has 0 amide bonds. The van der Waals surface area contributed by atoms with E-state index in [0.29, 0.717) is 26.1 Å². The van der Waals surface area contributed by atoms with Gasteiger partial charge in [-0.25, -0.2) is 0 Å². The smallest absolute Gasteiger partial charge is 0.196 e. The van der Waals surface area contributed by atoms with E-state index >= 15 is 0 Å². The van der Waals surface area contributed by atoms with Gasteiger partial charge in [0.05, 0.1) is 19.3 Å². The van der Waals surface area contributed by atoms with Crippen LogP contribution >= 0.6 is 0 Å². The van der Waals surface area contributed by atoms with Crippen LogP contribution in [-0.2, 0) is 18.9 Å². The molecule has 0 unspecified atom stereocenters. The van der Waals surface area contributed by atoms with E-state index in [4.69, 9.17) is 18.9 Å². The maximum absolute atomic E-state index is 9.90. The molecule has 0 aromatic carbocycles. The summed E-state index contributed by atoms with van der Waals surface area (Å²) < 4.78 is 21.7. The fourth-order valence-electron chi connectivity index (χ4n) is 2.29. The molecule has 5 nitrogen and oxygen atoms in total. The number of rotatable bonds is 3. The van der Waals surface area contributed by atoms with Crippen LogP contribution in [0.4, 0.5) is 0 Å². The largest absolute Gasteiger partial charge is 0.387 e. The first kappa shape index (κ1) is 12.3. The molecule has 0 bridgehead atoms. The van der Waals surface area contributed by atoms with Crippen molar-refractivity contribution in [2.45, 2.75) is 37.8 Å². The van der Waals surface area contributed by atoms with Gasteiger partial charge in [0, 0.05) is 25.9 Å². The van der Waals surface area contributed by atoms with Gasteiger partial charge in [-0.2, -0.15) is 0 Å². The highest BCUT2D eigenvalue weighted by Gasteiger charge is 2.50. The van der Waals surface area contributed by atoms with E-state index in [1.165, 1.54) is 0 Å². The van der Waals surface area contributed by atoms with Crippen LogP contribution in [-0.4, -0.2) is 50.2 Å². The molecule has 4 atom stereocenters. The van der Waals surface area contributed by atoms with Gasteiger partial charge in [0.25, 0.3) is 0 Å². The van der Waals surface area contributed by atoms with Crippen LogP contribution in [0.2, 0.25) is 0 Å². The summed E-state index contributed by atoms with van der Waals surface area (Å²) in [7, 11) is 1.60. The molecule has 0 radical (unpaired) electrons. The number of aliphatic hydroxyl groups excluding tert-OH is 1. The molecular weight excluding hydrogens is 212 g/mol. The molecule has 0 saturated carbocycles. The lowest BCUT2D eigenvalue weighted by Gasteiger charge is -2.41. The topological polar surface area (TPSA) is 57.2 Å². The van der Waals surface area contributed by atoms with Crippen LogP contribution in [0.3, 0.4) is 0 Å². The van der Waals surface area contributed by atoms with Crippen LogP contribution in [0.5, 0.6) is 0 Å². The van der Waals surface area contributed by atoms with Gasteiger partial charge in [-0.15, -0.1) is 0 Å². The third-order valence-corrected chi connectivity index (χ3v) is 3.36. The number of ether oxygens (including phenoxy) is 4. The Labute approximate surface area is 95.6 Å². The zero-order chi connectivity index (χ0) is 11.6. The first-order chi connectivity index (χ1) is 7.68. The monoisotopic (exact) mass is 232 g/mol. The zero-order valence-electron chi connectivity index (χ0n) is 9.85. The highest BCUT2D eigenvalue weighted by atomic mass is 16.7. The molecule has 0 aromatic rings. The third-order valence-electron chi connectivity index (χ3n) is 3.36. The number of methoxy groups -OCH3 is 1. The maximum Gasteiger partial charge on any atom is 0.196 e. The predicted molar refractivity (Wildman–Crippen MR) is 55.8 cm³/mol. The lowest BCUT2D eigenvalue weighted by Crippen LogP contribution is -2.52. The number of aliphatic hydroxyl groups is 1. The standard InChI is InChI=1S/C11H20O5/c1-8-6-16-11(10(12)3-4-15-11)5-9(8)14-7-13-2/h8-10,12H,3-7H2,1-2H3/t8-,9-,10-,11-/m0/s1. The Hall–Kier alpha value is -0.200. The van der Waals surface area contributed by atoms with Gasteiger partial charge in [0.2, 0.25) is 0 Å². The Morgan fingerprint density at radius 2 is 2.25 bits per heavy atom. The van der Waals surface area contributed by atoms with Crippen LogP contribution in [0, 0.1) is 5.92 Å². The van der Waals surface area contributed by atoms with Crippen molar-refractivity contribution in [2.24, 2.45) is 5.92 Å². The lowest BCUT2D eigenvalue weighted by atomic mass is 9.91. The minimum atomic E-state index is -0.842. The molecular formula is C11H20O5. The fourth-order valence-corrected chi connectivity index (χ4v) is 2.29. The molecule has 2 aliphatic rings. The normalized spacial score (nSPS) is 44.1. The van der Waals surface area contributed by atoms with Crippen molar-refractivity contribution < 1.29 is 24.1 Å². The van der Waals surface area contributed by atoms with E-state index in [-0.39, 0.29) is 18.8 Å². The summed E-state index contributed by atoms with van der Waals surface area (Å²) in [6.45, 7) is 3.42. The summed E-state index contributed by atoms with van der Waals surface area (Å²) in [5.74, 6) is -0.553. The van der Waals surface area contributed by atoms with E-state index in [9.17, 15) is 5.11 Å². The Balaban J connectivity index is 1.98. The van der Waals surface area contributed by atoms with E-state index in [0.717, 1.165) is 0 Å². The Kier molecular flexibility index (Phi) is 3.81. The van der Waals surface area contributed by atoms with Gasteiger partial charge in [0.15, 0.2) is 5.79 Å². The van der Waals surface area contributed by atoms with Gasteiger partial charge >= 0.3 is 0 Å². The first-order valence-corrected chi connectivity index (χ1v) is 5.74. The van der Waals surface area contributed by atoms with Crippen molar-refractivity contribution in [3.63, 3.8) is 0 Å². The minimum absolute atomic E-state index is 0.0152. The second-order valence-electron chi connectivity index (χ2n) is 4.57. The molecule has 0 aromatic heterocycles. The first-order valence-electron chi connectivity index (χ1n) is 5.74. The van der Waals surface area contributed by atoms with Crippen molar-refractivity contribution in [3.05, 3.63) is 0 Å². The summed E-state index contributed by atoms with van der Waals surface area (Å²) in [5.41, 5.74) is 0. The van der Waals surface area contributed by atoms with Crippen molar-refractivity contribution in [2.75, 3.05) is 27.1 Å². The van der Waals surface area contributed by atoms with E-state index in [2.05, 4.69) is 6.92 Å². The summed E-state index contributed by atoms with van der Waals surface area (Å²) >= 11 is 0. The highest BCUT2D eigenvalue weighted by molar-refractivity contribution is 4.92. The van der Waals surface area contributed by atoms with Crippen molar-refractivity contribution >= 4 is 0 Å². The van der Waals surface area contributed by atoms with Crippen LogP contribution < -0.4 is 0 Å². The molecule has 1 spiro atoms. The molecule has 2 heterocycles. The Morgan fingerprint density at radius 3 is 2.88 bits per heavy atom. The van der Waals surface area contributed by atoms with Crippen molar-refractivity contribution in [3.8, 4) is 0 Å². The molecule has 0 aliphatic carbocycles. The molecule has 2 rings (SSSR count). The van der Waals surface area contributed by atoms with Crippen LogP contribution in [0.15, 0.2) is 0 Å².